The van der Waals surface area contributed by atoms with Gasteiger partial charge < -0.3 is 5.11 Å². The Morgan fingerprint density at radius 2 is 2.00 bits per heavy atom. The van der Waals surface area contributed by atoms with E-state index in [9.17, 15) is 4.79 Å². The molecule has 6 heteroatoms. The van der Waals surface area contributed by atoms with Gasteiger partial charge in [0.05, 0.1) is 10.6 Å². The number of carboxylic acid groups (broad SMARTS) is 1. The van der Waals surface area contributed by atoms with Gasteiger partial charge in [-0.2, -0.15) is 0 Å². The number of nitrogens with zero attached hydrogens (tertiary/aromatic N) is 3. The number of halogens is 1. The van der Waals surface area contributed by atoms with Crippen LogP contribution in [0.25, 0.3) is 5.65 Å². The van der Waals surface area contributed by atoms with Crippen LogP contribution in [0.3, 0.4) is 0 Å². The van der Waals surface area contributed by atoms with Crippen LogP contribution in [0.4, 0.5) is 0 Å². The van der Waals surface area contributed by atoms with E-state index in [1.807, 2.05) is 0 Å². The Kier molecular flexibility index (Phi) is 4.10. The number of fused-ring (bicyclic) bond motifs is 1. The summed E-state index contributed by atoms with van der Waals surface area (Å²) in [4.78, 5) is 11.2. The van der Waals surface area contributed by atoms with Crippen LogP contribution in [-0.2, 0) is 6.42 Å². The van der Waals surface area contributed by atoms with E-state index in [-0.39, 0.29) is 5.56 Å². The lowest BCUT2D eigenvalue weighted by Gasteiger charge is -2.12. The first-order chi connectivity index (χ1) is 10.1. The molecule has 1 aliphatic carbocycles. The number of pyridine rings is 1. The molecule has 1 saturated carbocycles. The summed E-state index contributed by atoms with van der Waals surface area (Å²) < 4.78 is 1.73. The van der Waals surface area contributed by atoms with E-state index in [1.165, 1.54) is 44.6 Å². The van der Waals surface area contributed by atoms with Crippen molar-refractivity contribution in [1.82, 2.24) is 14.6 Å². The third kappa shape index (κ3) is 3.02. The van der Waals surface area contributed by atoms with Gasteiger partial charge in [-0.25, -0.2) is 4.79 Å². The molecule has 21 heavy (non-hydrogen) atoms. The molecule has 2 heterocycles. The van der Waals surface area contributed by atoms with Gasteiger partial charge >= 0.3 is 5.97 Å². The monoisotopic (exact) mass is 307 g/mol. The summed E-state index contributed by atoms with van der Waals surface area (Å²) in [5, 5.41) is 17.8. The molecule has 0 radical (unpaired) electrons. The SMILES string of the molecule is O=C(O)c1cc(Cl)c2nnc(CC3CCCCCC3)n2c1. The summed E-state index contributed by atoms with van der Waals surface area (Å²) in [5.41, 5.74) is 0.694. The first-order valence-corrected chi connectivity index (χ1v) is 7.79. The van der Waals surface area contributed by atoms with Crippen LogP contribution in [-0.4, -0.2) is 25.7 Å². The van der Waals surface area contributed by atoms with Gasteiger partial charge in [0.15, 0.2) is 5.65 Å². The zero-order valence-corrected chi connectivity index (χ0v) is 12.5. The summed E-state index contributed by atoms with van der Waals surface area (Å²) in [6.45, 7) is 0. The maximum Gasteiger partial charge on any atom is 0.337 e. The van der Waals surface area contributed by atoms with E-state index in [0.717, 1.165) is 12.2 Å². The molecule has 1 aliphatic rings. The zero-order chi connectivity index (χ0) is 14.8. The van der Waals surface area contributed by atoms with Gasteiger partial charge in [-0.1, -0.05) is 50.1 Å². The third-order valence-electron chi connectivity index (χ3n) is 4.22. The van der Waals surface area contributed by atoms with Crippen molar-refractivity contribution in [1.29, 1.82) is 0 Å². The van der Waals surface area contributed by atoms with Crippen LogP contribution < -0.4 is 0 Å². The van der Waals surface area contributed by atoms with Crippen molar-refractivity contribution in [3.8, 4) is 0 Å². The Bertz CT molecular complexity index is 660. The summed E-state index contributed by atoms with van der Waals surface area (Å²) in [6, 6.07) is 1.42. The molecule has 0 saturated heterocycles. The fraction of sp³-hybridized carbons (Fsp3) is 0.533. The molecule has 1 N–H and O–H groups in total. The van der Waals surface area contributed by atoms with Gasteiger partial charge in [-0.15, -0.1) is 10.2 Å². The molecule has 3 rings (SSSR count). The van der Waals surface area contributed by atoms with E-state index < -0.39 is 5.97 Å². The first kappa shape index (κ1) is 14.3. The molecule has 2 aromatic heterocycles. The molecule has 2 aromatic rings. The second-order valence-corrected chi connectivity index (χ2v) is 6.16. The van der Waals surface area contributed by atoms with Gasteiger partial charge in [-0.05, 0) is 12.0 Å². The van der Waals surface area contributed by atoms with Crippen molar-refractivity contribution in [2.24, 2.45) is 5.92 Å². The van der Waals surface area contributed by atoms with Gasteiger partial charge in [0.1, 0.15) is 5.82 Å². The summed E-state index contributed by atoms with van der Waals surface area (Å²) in [5.74, 6) is 0.418. The van der Waals surface area contributed by atoms with E-state index in [1.54, 1.807) is 10.6 Å². The second-order valence-electron chi connectivity index (χ2n) is 5.75. The Morgan fingerprint density at radius 1 is 1.29 bits per heavy atom. The number of rotatable bonds is 3. The van der Waals surface area contributed by atoms with Gasteiger partial charge in [0, 0.05) is 12.6 Å². The predicted octanol–water partition coefficient (Wildman–Crippen LogP) is 3.59. The minimum atomic E-state index is -0.993. The zero-order valence-electron chi connectivity index (χ0n) is 11.8. The Hall–Kier alpha value is -1.62. The lowest BCUT2D eigenvalue weighted by Crippen LogP contribution is -2.08. The number of carboxylic acids is 1. The fourth-order valence-electron chi connectivity index (χ4n) is 3.08. The number of aromatic nitrogens is 3. The largest absolute Gasteiger partial charge is 0.478 e. The molecule has 0 unspecified atom stereocenters. The van der Waals surface area contributed by atoms with E-state index in [0.29, 0.717) is 16.6 Å². The molecule has 1 fully saturated rings. The number of carbonyl (C=O) groups is 1. The molecule has 0 atom stereocenters. The first-order valence-electron chi connectivity index (χ1n) is 7.41. The molecule has 112 valence electrons. The highest BCUT2D eigenvalue weighted by atomic mass is 35.5. The molecular formula is C15H18ClN3O2. The normalized spacial score (nSPS) is 17.0. The predicted molar refractivity (Wildman–Crippen MR) is 79.9 cm³/mol. The third-order valence-corrected chi connectivity index (χ3v) is 4.50. The molecule has 0 aromatic carbocycles. The van der Waals surface area contributed by atoms with Crippen LogP contribution >= 0.6 is 11.6 Å². The highest BCUT2D eigenvalue weighted by molar-refractivity contribution is 6.33. The fourth-order valence-corrected chi connectivity index (χ4v) is 3.33. The van der Waals surface area contributed by atoms with Crippen LogP contribution in [0.15, 0.2) is 12.3 Å². The average molecular weight is 308 g/mol. The molecule has 0 amide bonds. The number of aromatic carboxylic acids is 1. The van der Waals surface area contributed by atoms with Crippen molar-refractivity contribution in [2.75, 3.05) is 0 Å². The Labute approximate surface area is 127 Å². The average Bonchev–Trinajstić information content (AvgIpc) is 2.68. The molecule has 5 nitrogen and oxygen atoms in total. The maximum absolute atomic E-state index is 11.2. The summed E-state index contributed by atoms with van der Waals surface area (Å²) >= 11 is 6.10. The Morgan fingerprint density at radius 3 is 2.67 bits per heavy atom. The molecule has 0 bridgehead atoms. The van der Waals surface area contributed by atoms with Gasteiger partial charge in [0.25, 0.3) is 0 Å². The smallest absolute Gasteiger partial charge is 0.337 e. The van der Waals surface area contributed by atoms with E-state index >= 15 is 0 Å². The molecule has 0 spiro atoms. The van der Waals surface area contributed by atoms with Crippen LogP contribution in [0, 0.1) is 5.92 Å². The lowest BCUT2D eigenvalue weighted by molar-refractivity contribution is 0.0696. The van der Waals surface area contributed by atoms with Crippen LogP contribution in [0.5, 0.6) is 0 Å². The number of hydrogen-bond acceptors (Lipinski definition) is 3. The highest BCUT2D eigenvalue weighted by Gasteiger charge is 2.18. The number of hydrogen-bond donors (Lipinski definition) is 1. The van der Waals surface area contributed by atoms with Crippen molar-refractivity contribution < 1.29 is 9.90 Å². The minimum absolute atomic E-state index is 0.161. The van der Waals surface area contributed by atoms with Crippen molar-refractivity contribution in [3.05, 3.63) is 28.7 Å². The summed E-state index contributed by atoms with van der Waals surface area (Å²) in [6.07, 6.45) is 9.97. The minimum Gasteiger partial charge on any atom is -0.478 e. The van der Waals surface area contributed by atoms with Crippen molar-refractivity contribution >= 4 is 23.2 Å². The maximum atomic E-state index is 11.2. The second kappa shape index (κ2) is 6.02. The highest BCUT2D eigenvalue weighted by Crippen LogP contribution is 2.26. The van der Waals surface area contributed by atoms with E-state index in [4.69, 9.17) is 16.7 Å². The topological polar surface area (TPSA) is 67.5 Å². The Balaban J connectivity index is 1.93. The quantitative estimate of drug-likeness (QED) is 0.880. The standard InChI is InChI=1S/C15H18ClN3O2/c16-12-8-11(15(20)21)9-19-13(17-18-14(12)19)7-10-5-3-1-2-4-6-10/h8-10H,1-7H2,(H,20,21). The van der Waals surface area contributed by atoms with Crippen molar-refractivity contribution in [3.63, 3.8) is 0 Å². The molecular weight excluding hydrogens is 290 g/mol. The van der Waals surface area contributed by atoms with Crippen LogP contribution in [0.1, 0.15) is 54.7 Å². The van der Waals surface area contributed by atoms with E-state index in [2.05, 4.69) is 10.2 Å². The summed E-state index contributed by atoms with van der Waals surface area (Å²) in [7, 11) is 0. The van der Waals surface area contributed by atoms with Crippen molar-refractivity contribution in [2.45, 2.75) is 44.9 Å². The van der Waals surface area contributed by atoms with Crippen LogP contribution in [0.2, 0.25) is 5.02 Å². The lowest BCUT2D eigenvalue weighted by atomic mass is 9.96. The molecule has 0 aliphatic heterocycles. The van der Waals surface area contributed by atoms with Gasteiger partial charge in [-0.3, -0.25) is 4.40 Å². The van der Waals surface area contributed by atoms with Gasteiger partial charge in [0.2, 0.25) is 0 Å².